The number of aliphatic hydroxyl groups is 1. The third kappa shape index (κ3) is 72.4. The molecule has 0 aliphatic carbocycles. The lowest BCUT2D eigenvalue weighted by molar-refractivity contribution is -0.161. The van der Waals surface area contributed by atoms with Gasteiger partial charge in [0.25, 0.3) is 0 Å². The maximum Gasteiger partial charge on any atom is 0.472 e. The monoisotopic (exact) mass is 1440 g/mol. The first-order valence-electron chi connectivity index (χ1n) is 41.1. The Hall–Kier alpha value is -1.94. The van der Waals surface area contributed by atoms with Crippen LogP contribution in [0.3, 0.4) is 0 Å². The van der Waals surface area contributed by atoms with Gasteiger partial charge in [-0.15, -0.1) is 0 Å². The molecule has 0 aromatic heterocycles. The van der Waals surface area contributed by atoms with Crippen molar-refractivity contribution in [1.29, 1.82) is 0 Å². The van der Waals surface area contributed by atoms with Gasteiger partial charge in [-0.05, 0) is 31.6 Å². The van der Waals surface area contributed by atoms with Crippen LogP contribution in [0.15, 0.2) is 0 Å². The molecule has 582 valence electrons. The van der Waals surface area contributed by atoms with Crippen molar-refractivity contribution in [2.75, 3.05) is 39.6 Å². The average Bonchev–Trinajstić information content (AvgIpc) is 1.01. The molecule has 98 heavy (non-hydrogen) atoms. The van der Waals surface area contributed by atoms with Crippen molar-refractivity contribution in [3.05, 3.63) is 0 Å². The molecule has 17 nitrogen and oxygen atoms in total. The highest BCUT2D eigenvalue weighted by Gasteiger charge is 2.30. The Morgan fingerprint density at radius 3 is 0.694 bits per heavy atom. The summed E-state index contributed by atoms with van der Waals surface area (Å²) < 4.78 is 68.5. The number of aliphatic hydroxyl groups excluding tert-OH is 1. The van der Waals surface area contributed by atoms with Gasteiger partial charge in [0, 0.05) is 25.7 Å². The zero-order chi connectivity index (χ0) is 71.9. The van der Waals surface area contributed by atoms with Crippen molar-refractivity contribution in [3.8, 4) is 0 Å². The Balaban J connectivity index is 5.18. The molecule has 5 atom stereocenters. The van der Waals surface area contributed by atoms with E-state index in [-0.39, 0.29) is 25.7 Å². The van der Waals surface area contributed by atoms with Crippen LogP contribution < -0.4 is 0 Å². The van der Waals surface area contributed by atoms with E-state index in [0.29, 0.717) is 25.7 Å². The van der Waals surface area contributed by atoms with Gasteiger partial charge >= 0.3 is 39.5 Å². The SMILES string of the molecule is CCCCCCCCCCCCCCCCCCCCCCCC(=O)O[C@H](COC(=O)CCCCCCCCCCCCCCCCCCC)COP(=O)(O)OC[C@@H](O)COP(=O)(O)OC[C@@H](COC(=O)CCCCCCCCCC)OC(=O)CCCCCCCCCCCC(C)C. The molecule has 2 unspecified atom stereocenters. The number of unbranched alkanes of at least 4 members (excludes halogenated alkanes) is 51. The highest BCUT2D eigenvalue weighted by atomic mass is 31.2. The number of phosphoric acid groups is 2. The number of hydrogen-bond acceptors (Lipinski definition) is 15. The van der Waals surface area contributed by atoms with Crippen LogP contribution in [0.1, 0.15) is 420 Å². The molecule has 0 fully saturated rings. The lowest BCUT2D eigenvalue weighted by atomic mass is 10.0. The first-order valence-corrected chi connectivity index (χ1v) is 44.1. The smallest absolute Gasteiger partial charge is 0.462 e. The summed E-state index contributed by atoms with van der Waals surface area (Å²) in [6.07, 6.45) is 62.7. The van der Waals surface area contributed by atoms with Crippen molar-refractivity contribution >= 4 is 39.5 Å². The van der Waals surface area contributed by atoms with Crippen LogP contribution in [-0.4, -0.2) is 96.7 Å². The van der Waals surface area contributed by atoms with Crippen molar-refractivity contribution < 1.29 is 80.2 Å². The minimum atomic E-state index is -4.96. The minimum absolute atomic E-state index is 0.106. The molecule has 0 saturated carbocycles. The standard InChI is InChI=1S/C79H154O17P2/c1-6-9-12-15-18-21-23-25-27-29-30-31-32-34-36-38-40-44-49-54-59-64-78(83)95-75(69-90-77(82)63-58-53-48-43-39-37-35-33-28-26-24-22-19-16-13-10-7-2)71-94-98(87,88)92-67-73(80)66-91-97(85,86)93-70-74(68-89-76(81)62-57-52-47-20-17-14-11-8-3)96-79(84)65-60-55-50-45-41-42-46-51-56-61-72(4)5/h72-75,80H,6-71H2,1-5H3,(H,85,86)(H,87,88)/t73-,74+,75+/m0/s1. The van der Waals surface area contributed by atoms with E-state index >= 15 is 0 Å². The molecule has 0 rings (SSSR count). The molecule has 0 aliphatic rings. The zero-order valence-electron chi connectivity index (χ0n) is 63.9. The summed E-state index contributed by atoms with van der Waals surface area (Å²) in [4.78, 5) is 72.8. The maximum absolute atomic E-state index is 13.1. The average molecular weight is 1440 g/mol. The summed E-state index contributed by atoms with van der Waals surface area (Å²) in [5.41, 5.74) is 0. The first kappa shape index (κ1) is 96.1. The van der Waals surface area contributed by atoms with Crippen molar-refractivity contribution in [2.45, 2.75) is 438 Å². The predicted octanol–water partition coefficient (Wildman–Crippen LogP) is 23.6. The molecule has 0 bridgehead atoms. The highest BCUT2D eigenvalue weighted by molar-refractivity contribution is 7.47. The summed E-state index contributed by atoms with van der Waals surface area (Å²) in [6.45, 7) is 7.26. The van der Waals surface area contributed by atoms with Crippen LogP contribution in [0.25, 0.3) is 0 Å². The predicted molar refractivity (Wildman–Crippen MR) is 400 cm³/mol. The molecule has 0 radical (unpaired) electrons. The van der Waals surface area contributed by atoms with E-state index in [2.05, 4.69) is 34.6 Å². The molecule has 0 amide bonds. The number of rotatable bonds is 79. The summed E-state index contributed by atoms with van der Waals surface area (Å²) in [7, 11) is -9.91. The molecule has 19 heteroatoms. The van der Waals surface area contributed by atoms with Crippen molar-refractivity contribution in [2.24, 2.45) is 5.92 Å². The number of hydrogen-bond donors (Lipinski definition) is 3. The van der Waals surface area contributed by atoms with E-state index in [4.69, 9.17) is 37.0 Å². The van der Waals surface area contributed by atoms with Gasteiger partial charge in [-0.25, -0.2) is 9.13 Å². The van der Waals surface area contributed by atoms with Gasteiger partial charge in [0.05, 0.1) is 26.4 Å². The molecule has 0 spiro atoms. The van der Waals surface area contributed by atoms with E-state index < -0.39 is 97.5 Å². The molecule has 0 aromatic rings. The number of esters is 4. The Morgan fingerprint density at radius 2 is 0.469 bits per heavy atom. The van der Waals surface area contributed by atoms with E-state index in [1.165, 1.54) is 238 Å². The molecule has 0 heterocycles. The number of phosphoric ester groups is 2. The van der Waals surface area contributed by atoms with Crippen LogP contribution >= 0.6 is 15.6 Å². The zero-order valence-corrected chi connectivity index (χ0v) is 65.7. The molecular formula is C79H154O17P2. The number of ether oxygens (including phenoxy) is 4. The van der Waals surface area contributed by atoms with Gasteiger partial charge in [0.1, 0.15) is 19.3 Å². The van der Waals surface area contributed by atoms with Gasteiger partial charge in [-0.2, -0.15) is 0 Å². The fourth-order valence-electron chi connectivity index (χ4n) is 12.2. The van der Waals surface area contributed by atoms with Gasteiger partial charge in [-0.1, -0.05) is 369 Å². The fraction of sp³-hybridized carbons (Fsp3) is 0.949. The molecule has 0 saturated heterocycles. The summed E-state index contributed by atoms with van der Waals surface area (Å²) in [6, 6.07) is 0. The maximum atomic E-state index is 13.1. The third-order valence-corrected chi connectivity index (χ3v) is 20.4. The van der Waals surface area contributed by atoms with Crippen LogP contribution in [-0.2, 0) is 65.4 Å². The quantitative estimate of drug-likeness (QED) is 0.0222. The largest absolute Gasteiger partial charge is 0.472 e. The topological polar surface area (TPSA) is 237 Å². The van der Waals surface area contributed by atoms with E-state index in [1.54, 1.807) is 0 Å². The second kappa shape index (κ2) is 72.0. The summed E-state index contributed by atoms with van der Waals surface area (Å²) in [5.74, 6) is -1.38. The minimum Gasteiger partial charge on any atom is -0.462 e. The van der Waals surface area contributed by atoms with Crippen molar-refractivity contribution in [1.82, 2.24) is 0 Å². The Morgan fingerprint density at radius 1 is 0.276 bits per heavy atom. The van der Waals surface area contributed by atoms with Crippen LogP contribution in [0, 0.1) is 5.92 Å². The Kier molecular flexibility index (Phi) is 70.6. The summed E-state index contributed by atoms with van der Waals surface area (Å²) >= 11 is 0. The number of carbonyl (C=O) groups excluding carboxylic acids is 4. The molecule has 3 N–H and O–H groups in total. The van der Waals surface area contributed by atoms with Crippen LogP contribution in [0.5, 0.6) is 0 Å². The highest BCUT2D eigenvalue weighted by Crippen LogP contribution is 2.45. The van der Waals surface area contributed by atoms with Gasteiger partial charge in [-0.3, -0.25) is 37.3 Å². The normalized spacial score (nSPS) is 13.9. The third-order valence-electron chi connectivity index (χ3n) is 18.5. The Bertz CT molecular complexity index is 1870. The molecule has 0 aliphatic heterocycles. The Labute approximate surface area is 600 Å². The second-order valence-corrected chi connectivity index (χ2v) is 31.8. The lowest BCUT2D eigenvalue weighted by Gasteiger charge is -2.21. The van der Waals surface area contributed by atoms with E-state index in [1.807, 2.05) is 0 Å². The fourth-order valence-corrected chi connectivity index (χ4v) is 13.8. The lowest BCUT2D eigenvalue weighted by Crippen LogP contribution is -2.30. The van der Waals surface area contributed by atoms with E-state index in [0.717, 1.165) is 102 Å². The van der Waals surface area contributed by atoms with E-state index in [9.17, 15) is 43.2 Å². The van der Waals surface area contributed by atoms with Gasteiger partial charge in [0.2, 0.25) is 0 Å². The van der Waals surface area contributed by atoms with Crippen LogP contribution in [0.2, 0.25) is 0 Å². The molecule has 0 aromatic carbocycles. The number of carbonyl (C=O) groups is 4. The second-order valence-electron chi connectivity index (χ2n) is 28.9. The van der Waals surface area contributed by atoms with Crippen molar-refractivity contribution in [3.63, 3.8) is 0 Å². The summed E-state index contributed by atoms with van der Waals surface area (Å²) in [5, 5.41) is 10.6. The van der Waals surface area contributed by atoms with Crippen LogP contribution in [0.4, 0.5) is 0 Å². The first-order chi connectivity index (χ1) is 47.5. The molecular weight excluding hydrogens is 1280 g/mol. The van der Waals surface area contributed by atoms with Gasteiger partial charge < -0.3 is 33.8 Å². The van der Waals surface area contributed by atoms with Gasteiger partial charge in [0.15, 0.2) is 12.2 Å².